The van der Waals surface area contributed by atoms with Gasteiger partial charge in [0.25, 0.3) is 5.91 Å². The lowest BCUT2D eigenvalue weighted by Gasteiger charge is -2.35. The first kappa shape index (κ1) is 26.2. The molecule has 0 spiro atoms. The second kappa shape index (κ2) is 11.1. The normalized spacial score (nSPS) is 24.1. The largest absolute Gasteiger partial charge is 0.486 e. The number of nitrogens with zero attached hydrogens (tertiary/aromatic N) is 1. The summed E-state index contributed by atoms with van der Waals surface area (Å²) in [6, 6.07) is 19.9. The molecule has 2 aromatic rings. The van der Waals surface area contributed by atoms with E-state index < -0.39 is 23.8 Å². The number of carbonyl (C=O) groups is 2. The van der Waals surface area contributed by atoms with Gasteiger partial charge in [-0.25, -0.2) is 4.79 Å². The van der Waals surface area contributed by atoms with Crippen molar-refractivity contribution in [1.82, 2.24) is 10.2 Å². The lowest BCUT2D eigenvalue weighted by molar-refractivity contribution is -0.139. The van der Waals surface area contributed by atoms with Crippen LogP contribution >= 0.6 is 0 Å². The van der Waals surface area contributed by atoms with E-state index in [1.165, 1.54) is 7.11 Å². The zero-order valence-corrected chi connectivity index (χ0v) is 22.3. The van der Waals surface area contributed by atoms with Crippen molar-refractivity contribution in [2.75, 3.05) is 20.2 Å². The van der Waals surface area contributed by atoms with E-state index >= 15 is 0 Å². The lowest BCUT2D eigenvalue weighted by atomic mass is 9.80. The minimum Gasteiger partial charge on any atom is -0.486 e. The molecule has 5 rings (SSSR count). The maximum atomic E-state index is 13.7. The molecule has 1 fully saturated rings. The fraction of sp³-hybridized carbons (Fsp3) is 0.419. The zero-order valence-electron chi connectivity index (χ0n) is 22.3. The smallest absolute Gasteiger partial charge is 0.337 e. The molecule has 0 aromatic heterocycles. The van der Waals surface area contributed by atoms with Crippen molar-refractivity contribution in [2.45, 2.75) is 63.0 Å². The molecule has 38 heavy (non-hydrogen) atoms. The Bertz CT molecular complexity index is 1160. The van der Waals surface area contributed by atoms with Gasteiger partial charge in [0, 0.05) is 31.6 Å². The summed E-state index contributed by atoms with van der Waals surface area (Å²) in [5.41, 5.74) is 0.320. The number of fused-ring (bicyclic) bond motifs is 2. The molecule has 200 valence electrons. The molecule has 3 aliphatic rings. The number of ether oxygens (including phenoxy) is 3. The van der Waals surface area contributed by atoms with Gasteiger partial charge >= 0.3 is 5.97 Å². The van der Waals surface area contributed by atoms with Crippen LogP contribution in [0, 0.1) is 0 Å². The van der Waals surface area contributed by atoms with Gasteiger partial charge in [-0.05, 0) is 50.5 Å². The third-order valence-electron chi connectivity index (χ3n) is 7.78. The minimum absolute atomic E-state index is 0.0450. The molecule has 0 saturated carbocycles. The van der Waals surface area contributed by atoms with Gasteiger partial charge in [0.15, 0.2) is 5.60 Å². The second-order valence-electron chi connectivity index (χ2n) is 10.5. The SMILES string of the molecule is COC(=O)C1=C(C(=O)NC2CCN(C(C)C)CC2)C2C=CC1(C(Cc1ccccc1)Oc1ccccc1)O2. The number of likely N-dealkylation sites (tertiary alicyclic amines) is 1. The molecule has 3 heterocycles. The van der Waals surface area contributed by atoms with Crippen LogP contribution < -0.4 is 10.1 Å². The first-order valence-electron chi connectivity index (χ1n) is 13.4. The molecule has 7 heteroatoms. The van der Waals surface area contributed by atoms with E-state index in [2.05, 4.69) is 24.1 Å². The first-order valence-corrected chi connectivity index (χ1v) is 13.4. The number of hydrogen-bond acceptors (Lipinski definition) is 6. The Hall–Kier alpha value is -3.42. The Morgan fingerprint density at radius 1 is 1.05 bits per heavy atom. The Morgan fingerprint density at radius 3 is 2.34 bits per heavy atom. The van der Waals surface area contributed by atoms with Crippen molar-refractivity contribution in [3.63, 3.8) is 0 Å². The van der Waals surface area contributed by atoms with Crippen LogP contribution in [0.25, 0.3) is 0 Å². The summed E-state index contributed by atoms with van der Waals surface area (Å²) in [6.45, 7) is 6.24. The minimum atomic E-state index is -1.25. The highest BCUT2D eigenvalue weighted by Crippen LogP contribution is 2.47. The third-order valence-corrected chi connectivity index (χ3v) is 7.78. The Balaban J connectivity index is 1.47. The molecule has 0 aliphatic carbocycles. The van der Waals surface area contributed by atoms with E-state index in [0.717, 1.165) is 31.5 Å². The maximum Gasteiger partial charge on any atom is 0.337 e. The van der Waals surface area contributed by atoms with E-state index in [0.29, 0.717) is 23.8 Å². The summed E-state index contributed by atoms with van der Waals surface area (Å²) < 4.78 is 18.2. The van der Waals surface area contributed by atoms with Crippen molar-refractivity contribution in [3.8, 4) is 5.75 Å². The molecule has 1 N–H and O–H groups in total. The number of nitrogens with one attached hydrogen (secondary N) is 1. The molecular weight excluding hydrogens is 480 g/mol. The van der Waals surface area contributed by atoms with E-state index in [4.69, 9.17) is 14.2 Å². The summed E-state index contributed by atoms with van der Waals surface area (Å²) >= 11 is 0. The fourth-order valence-corrected chi connectivity index (χ4v) is 5.72. The number of hydrogen-bond donors (Lipinski definition) is 1. The van der Waals surface area contributed by atoms with Crippen LogP contribution in [0.3, 0.4) is 0 Å². The predicted octanol–water partition coefficient (Wildman–Crippen LogP) is 3.84. The summed E-state index contributed by atoms with van der Waals surface area (Å²) in [6.07, 6.45) is 4.67. The topological polar surface area (TPSA) is 77.1 Å². The molecule has 0 radical (unpaired) electrons. The summed E-state index contributed by atoms with van der Waals surface area (Å²) in [5, 5.41) is 3.18. The highest BCUT2D eigenvalue weighted by molar-refractivity contribution is 6.07. The number of carbonyl (C=O) groups excluding carboxylic acids is 2. The lowest BCUT2D eigenvalue weighted by Crippen LogP contribution is -2.49. The van der Waals surface area contributed by atoms with E-state index in [9.17, 15) is 9.59 Å². The Labute approximate surface area is 224 Å². The van der Waals surface area contributed by atoms with Crippen LogP contribution in [0.5, 0.6) is 5.75 Å². The van der Waals surface area contributed by atoms with Crippen LogP contribution in [0.15, 0.2) is 84.0 Å². The monoisotopic (exact) mass is 516 g/mol. The highest BCUT2D eigenvalue weighted by Gasteiger charge is 2.59. The molecule has 3 unspecified atom stereocenters. The van der Waals surface area contributed by atoms with E-state index in [1.54, 1.807) is 0 Å². The standard InChI is InChI=1S/C31H36N2O5/c1-21(2)33-18-15-23(16-19-33)32-29(34)27-25-14-17-31(38-25,28(27)30(35)36-3)26(20-22-10-6-4-7-11-22)37-24-12-8-5-9-13-24/h4-14,17,21,23,25-26H,15-16,18-20H2,1-3H3,(H,32,34). The van der Waals surface area contributed by atoms with Crippen LogP contribution in [0.4, 0.5) is 0 Å². The van der Waals surface area contributed by atoms with Gasteiger partial charge in [-0.15, -0.1) is 0 Å². The van der Waals surface area contributed by atoms with E-state index in [1.807, 2.05) is 72.8 Å². The summed E-state index contributed by atoms with van der Waals surface area (Å²) in [7, 11) is 1.33. The molecule has 2 aromatic carbocycles. The Morgan fingerprint density at radius 2 is 1.71 bits per heavy atom. The quantitative estimate of drug-likeness (QED) is 0.403. The molecule has 1 amide bonds. The third kappa shape index (κ3) is 5.13. The molecule has 7 nitrogen and oxygen atoms in total. The van der Waals surface area contributed by atoms with Gasteiger partial charge < -0.3 is 24.4 Å². The van der Waals surface area contributed by atoms with Crippen LogP contribution in [-0.4, -0.2) is 66.9 Å². The summed E-state index contributed by atoms with van der Waals surface area (Å²) in [5.74, 6) is -0.198. The second-order valence-corrected chi connectivity index (χ2v) is 10.5. The summed E-state index contributed by atoms with van der Waals surface area (Å²) in [4.78, 5) is 29.4. The van der Waals surface area contributed by atoms with E-state index in [-0.39, 0.29) is 17.5 Å². The number of benzene rings is 2. The number of methoxy groups -OCH3 is 1. The molecule has 2 bridgehead atoms. The van der Waals surface area contributed by atoms with Gasteiger partial charge in [0.05, 0.1) is 18.3 Å². The van der Waals surface area contributed by atoms with Crippen LogP contribution in [0.1, 0.15) is 32.3 Å². The fourth-order valence-electron chi connectivity index (χ4n) is 5.72. The molecule has 1 saturated heterocycles. The average molecular weight is 517 g/mol. The van der Waals surface area contributed by atoms with Crippen LogP contribution in [-0.2, 0) is 25.5 Å². The molecule has 3 aliphatic heterocycles. The number of para-hydroxylation sites is 1. The number of piperidine rings is 1. The highest BCUT2D eigenvalue weighted by atomic mass is 16.6. The van der Waals surface area contributed by atoms with Gasteiger partial charge in [-0.1, -0.05) is 54.6 Å². The number of esters is 1. The first-order chi connectivity index (χ1) is 18.4. The zero-order chi connectivity index (χ0) is 26.7. The average Bonchev–Trinajstić information content (AvgIpc) is 3.52. The van der Waals surface area contributed by atoms with Gasteiger partial charge in [-0.2, -0.15) is 0 Å². The predicted molar refractivity (Wildman–Crippen MR) is 145 cm³/mol. The van der Waals surface area contributed by atoms with Gasteiger partial charge in [-0.3, -0.25) is 4.79 Å². The van der Waals surface area contributed by atoms with Crippen LogP contribution in [0.2, 0.25) is 0 Å². The van der Waals surface area contributed by atoms with Crippen molar-refractivity contribution in [2.24, 2.45) is 0 Å². The number of rotatable bonds is 9. The molecular formula is C31H36N2O5. The van der Waals surface area contributed by atoms with Gasteiger partial charge in [0.1, 0.15) is 18.0 Å². The Kier molecular flexibility index (Phi) is 7.68. The van der Waals surface area contributed by atoms with Gasteiger partial charge in [0.2, 0.25) is 0 Å². The molecule has 3 atom stereocenters. The van der Waals surface area contributed by atoms with Crippen molar-refractivity contribution >= 4 is 11.9 Å². The van der Waals surface area contributed by atoms with Crippen molar-refractivity contribution in [3.05, 3.63) is 89.5 Å². The van der Waals surface area contributed by atoms with Crippen molar-refractivity contribution < 1.29 is 23.8 Å². The maximum absolute atomic E-state index is 13.7. The number of amides is 1. The van der Waals surface area contributed by atoms with Crippen molar-refractivity contribution in [1.29, 1.82) is 0 Å².